The minimum Gasteiger partial charge on any atom is -0.480 e. The first-order chi connectivity index (χ1) is 8.99. The second kappa shape index (κ2) is 7.04. The normalized spacial score (nSPS) is 9.74. The molecule has 0 saturated carbocycles. The third kappa shape index (κ3) is 5.57. The average Bonchev–Trinajstić information content (AvgIpc) is 2.86. The summed E-state index contributed by atoms with van der Waals surface area (Å²) in [5, 5.41) is 12.9. The van der Waals surface area contributed by atoms with Crippen LogP contribution in [0, 0.1) is 0 Å². The van der Waals surface area contributed by atoms with Crippen molar-refractivity contribution in [3.8, 4) is 0 Å². The largest absolute Gasteiger partial charge is 0.480 e. The molecule has 0 atom stereocenters. The highest BCUT2D eigenvalue weighted by atomic mass is 16.4. The molecule has 8 nitrogen and oxygen atoms in total. The predicted molar refractivity (Wildman–Crippen MR) is 64.2 cm³/mol. The van der Waals surface area contributed by atoms with Crippen molar-refractivity contribution in [2.45, 2.75) is 6.54 Å². The molecule has 1 rings (SSSR count). The molecule has 0 aliphatic rings. The Morgan fingerprint density at radius 3 is 2.63 bits per heavy atom. The van der Waals surface area contributed by atoms with Crippen LogP contribution in [0.15, 0.2) is 23.0 Å². The fourth-order valence-corrected chi connectivity index (χ4v) is 1.26. The number of hydrogen-bond acceptors (Lipinski definition) is 4. The number of aliphatic carboxylic acids is 1. The smallest absolute Gasteiger partial charge is 0.322 e. The third-order valence-electron chi connectivity index (χ3n) is 2.18. The lowest BCUT2D eigenvalue weighted by molar-refractivity contribution is -0.137. The summed E-state index contributed by atoms with van der Waals surface area (Å²) in [6.45, 7) is -0.402. The maximum absolute atomic E-state index is 11.6. The Balaban J connectivity index is 2.26. The number of amides is 3. The first-order valence-corrected chi connectivity index (χ1v) is 5.47. The first-order valence-electron chi connectivity index (χ1n) is 5.47. The Morgan fingerprint density at radius 2 is 2.05 bits per heavy atom. The Bertz CT molecular complexity index is 443. The number of carboxylic acid groups (broad SMARTS) is 1. The summed E-state index contributed by atoms with van der Waals surface area (Å²) in [7, 11) is 1.57. The summed E-state index contributed by atoms with van der Waals surface area (Å²) < 4.78 is 4.87. The quantitative estimate of drug-likeness (QED) is 0.652. The van der Waals surface area contributed by atoms with Gasteiger partial charge in [-0.05, 0) is 6.07 Å². The molecule has 0 unspecified atom stereocenters. The van der Waals surface area contributed by atoms with Crippen molar-refractivity contribution in [2.75, 3.05) is 20.1 Å². The van der Waals surface area contributed by atoms with Crippen LogP contribution in [-0.4, -0.2) is 48.1 Å². The van der Waals surface area contributed by atoms with E-state index in [0.29, 0.717) is 6.54 Å². The van der Waals surface area contributed by atoms with Gasteiger partial charge in [0.15, 0.2) is 0 Å². The van der Waals surface area contributed by atoms with Gasteiger partial charge in [-0.25, -0.2) is 4.79 Å². The summed E-state index contributed by atoms with van der Waals surface area (Å²) in [5.74, 6) is -1.70. The van der Waals surface area contributed by atoms with Crippen LogP contribution in [-0.2, 0) is 16.1 Å². The van der Waals surface area contributed by atoms with E-state index in [1.807, 2.05) is 0 Å². The topological polar surface area (TPSA) is 112 Å². The van der Waals surface area contributed by atoms with Gasteiger partial charge >= 0.3 is 12.0 Å². The molecule has 0 bridgehead atoms. The number of carbonyl (C=O) groups is 3. The van der Waals surface area contributed by atoms with Crippen LogP contribution < -0.4 is 10.6 Å². The molecule has 0 spiro atoms. The Labute approximate surface area is 109 Å². The van der Waals surface area contributed by atoms with Crippen molar-refractivity contribution in [3.05, 3.63) is 24.2 Å². The van der Waals surface area contributed by atoms with Crippen molar-refractivity contribution in [2.24, 2.45) is 0 Å². The SMILES string of the molecule is CN(Cc1ccoc1)C(=O)NCC(=O)NCC(=O)O. The van der Waals surface area contributed by atoms with E-state index in [2.05, 4.69) is 10.6 Å². The van der Waals surface area contributed by atoms with E-state index < -0.39 is 24.5 Å². The van der Waals surface area contributed by atoms with Crippen LogP contribution in [0.3, 0.4) is 0 Å². The van der Waals surface area contributed by atoms with Gasteiger partial charge in [0, 0.05) is 12.6 Å². The lowest BCUT2D eigenvalue weighted by Gasteiger charge is -2.16. The number of nitrogens with zero attached hydrogens (tertiary/aromatic N) is 1. The number of carbonyl (C=O) groups excluding carboxylic acids is 2. The Morgan fingerprint density at radius 1 is 1.32 bits per heavy atom. The molecule has 0 fully saturated rings. The molecule has 0 aliphatic heterocycles. The highest BCUT2D eigenvalue weighted by molar-refractivity contribution is 5.86. The fourth-order valence-electron chi connectivity index (χ4n) is 1.26. The lowest BCUT2D eigenvalue weighted by Crippen LogP contribution is -2.43. The summed E-state index contributed by atoms with van der Waals surface area (Å²) in [6, 6.07) is 1.29. The predicted octanol–water partition coefficient (Wildman–Crippen LogP) is -0.378. The minimum absolute atomic E-state index is 0.276. The Kier molecular flexibility index (Phi) is 5.39. The van der Waals surface area contributed by atoms with Gasteiger partial charge < -0.3 is 25.1 Å². The zero-order chi connectivity index (χ0) is 14.3. The summed E-state index contributed by atoms with van der Waals surface area (Å²) in [4.78, 5) is 34.3. The molecule has 0 aromatic carbocycles. The van der Waals surface area contributed by atoms with Gasteiger partial charge in [0.2, 0.25) is 5.91 Å². The third-order valence-corrected chi connectivity index (χ3v) is 2.18. The maximum Gasteiger partial charge on any atom is 0.322 e. The number of rotatable bonds is 6. The van der Waals surface area contributed by atoms with Crippen LogP contribution in [0.1, 0.15) is 5.56 Å². The molecule has 1 aromatic heterocycles. The summed E-state index contributed by atoms with van der Waals surface area (Å²) in [6.07, 6.45) is 3.02. The standard InChI is InChI=1S/C11H15N3O5/c1-14(6-8-2-3-19-7-8)11(18)13-4-9(15)12-5-10(16)17/h2-3,7H,4-6H2,1H3,(H,12,15)(H,13,18)(H,16,17). The van der Waals surface area contributed by atoms with Gasteiger partial charge in [0.05, 0.1) is 25.6 Å². The van der Waals surface area contributed by atoms with Crippen LogP contribution in [0.25, 0.3) is 0 Å². The maximum atomic E-state index is 11.6. The molecular formula is C11H15N3O5. The van der Waals surface area contributed by atoms with Gasteiger partial charge in [-0.1, -0.05) is 0 Å². The fraction of sp³-hybridized carbons (Fsp3) is 0.364. The van der Waals surface area contributed by atoms with E-state index in [1.54, 1.807) is 13.1 Å². The van der Waals surface area contributed by atoms with Crippen molar-refractivity contribution in [3.63, 3.8) is 0 Å². The molecule has 3 N–H and O–H groups in total. The second-order valence-corrected chi connectivity index (χ2v) is 3.82. The molecule has 104 valence electrons. The average molecular weight is 269 g/mol. The van der Waals surface area contributed by atoms with E-state index in [9.17, 15) is 14.4 Å². The zero-order valence-electron chi connectivity index (χ0n) is 10.4. The van der Waals surface area contributed by atoms with Crippen molar-refractivity contribution in [1.29, 1.82) is 0 Å². The van der Waals surface area contributed by atoms with Crippen LogP contribution >= 0.6 is 0 Å². The molecule has 19 heavy (non-hydrogen) atoms. The highest BCUT2D eigenvalue weighted by Crippen LogP contribution is 2.03. The number of furan rings is 1. The van der Waals surface area contributed by atoms with Crippen LogP contribution in [0.2, 0.25) is 0 Å². The molecule has 1 heterocycles. The van der Waals surface area contributed by atoms with Crippen molar-refractivity contribution < 1.29 is 23.9 Å². The minimum atomic E-state index is -1.14. The molecular weight excluding hydrogens is 254 g/mol. The van der Waals surface area contributed by atoms with Gasteiger partial charge in [0.25, 0.3) is 0 Å². The Hall–Kier alpha value is -2.51. The molecule has 0 radical (unpaired) electrons. The monoisotopic (exact) mass is 269 g/mol. The molecule has 1 aromatic rings. The molecule has 0 aliphatic carbocycles. The highest BCUT2D eigenvalue weighted by Gasteiger charge is 2.11. The van der Waals surface area contributed by atoms with Gasteiger partial charge in [-0.2, -0.15) is 0 Å². The van der Waals surface area contributed by atoms with E-state index in [0.717, 1.165) is 5.56 Å². The number of hydrogen-bond donors (Lipinski definition) is 3. The number of nitrogens with one attached hydrogen (secondary N) is 2. The summed E-state index contributed by atoms with van der Waals surface area (Å²) in [5.41, 5.74) is 0.827. The van der Waals surface area contributed by atoms with Crippen molar-refractivity contribution in [1.82, 2.24) is 15.5 Å². The van der Waals surface area contributed by atoms with E-state index in [1.165, 1.54) is 17.4 Å². The van der Waals surface area contributed by atoms with Gasteiger partial charge in [0.1, 0.15) is 6.54 Å². The van der Waals surface area contributed by atoms with E-state index in [4.69, 9.17) is 9.52 Å². The number of carboxylic acids is 1. The molecule has 8 heteroatoms. The van der Waals surface area contributed by atoms with E-state index >= 15 is 0 Å². The van der Waals surface area contributed by atoms with E-state index in [-0.39, 0.29) is 6.54 Å². The van der Waals surface area contributed by atoms with Crippen molar-refractivity contribution >= 4 is 17.9 Å². The molecule has 0 saturated heterocycles. The van der Waals surface area contributed by atoms with Crippen LogP contribution in [0.5, 0.6) is 0 Å². The van der Waals surface area contributed by atoms with Gasteiger partial charge in [-0.3, -0.25) is 9.59 Å². The van der Waals surface area contributed by atoms with Crippen LogP contribution in [0.4, 0.5) is 4.79 Å². The second-order valence-electron chi connectivity index (χ2n) is 3.82. The summed E-state index contributed by atoms with van der Waals surface area (Å²) >= 11 is 0. The van der Waals surface area contributed by atoms with Gasteiger partial charge in [-0.15, -0.1) is 0 Å². The zero-order valence-corrected chi connectivity index (χ0v) is 10.4. The molecule has 3 amide bonds. The first kappa shape index (κ1) is 14.6. The number of urea groups is 1. The lowest BCUT2D eigenvalue weighted by atomic mass is 10.3.